The molecule has 0 bridgehead atoms. The smallest absolute Gasteiger partial charge is 0.161 e. The van der Waals surface area contributed by atoms with E-state index in [1.165, 1.54) is 50.1 Å². The highest BCUT2D eigenvalue weighted by atomic mass is 14.9. The summed E-state index contributed by atoms with van der Waals surface area (Å²) in [5, 5.41) is 0. The van der Waals surface area contributed by atoms with Gasteiger partial charge in [0, 0.05) is 16.8 Å². The van der Waals surface area contributed by atoms with Gasteiger partial charge in [-0.2, -0.15) is 0 Å². The van der Waals surface area contributed by atoms with Crippen molar-refractivity contribution in [3.05, 3.63) is 310 Å². The Morgan fingerprint density at radius 1 is 0.391 bits per heavy atom. The zero-order valence-corrected chi connectivity index (χ0v) is 35.6. The van der Waals surface area contributed by atoms with Crippen molar-refractivity contribution >= 4 is 17.2 Å². The Morgan fingerprint density at radius 3 is 1.53 bits per heavy atom. The highest BCUT2D eigenvalue weighted by molar-refractivity contribution is 6.14. The number of amidine groups is 1. The van der Waals surface area contributed by atoms with E-state index in [1.54, 1.807) is 0 Å². The van der Waals surface area contributed by atoms with Crippen molar-refractivity contribution in [1.82, 2.24) is 0 Å². The minimum absolute atomic E-state index is 0.558. The molecule has 302 valence electrons. The number of aliphatic imine (C=N–C) groups is 2. The van der Waals surface area contributed by atoms with Gasteiger partial charge in [-0.1, -0.05) is 243 Å². The van der Waals surface area contributed by atoms with Gasteiger partial charge in [0.05, 0.1) is 10.8 Å². The van der Waals surface area contributed by atoms with Crippen molar-refractivity contribution in [2.45, 2.75) is 17.8 Å². The van der Waals surface area contributed by atoms with Gasteiger partial charge >= 0.3 is 0 Å². The fourth-order valence-corrected chi connectivity index (χ4v) is 10.6. The maximum atomic E-state index is 5.51. The normalized spacial score (nSPS) is 17.1. The predicted molar refractivity (Wildman–Crippen MR) is 265 cm³/mol. The van der Waals surface area contributed by atoms with Crippen LogP contribution in [0.25, 0.3) is 28.0 Å². The zero-order chi connectivity index (χ0) is 43.1. The Kier molecular flexibility index (Phi) is 9.65. The first-order chi connectivity index (χ1) is 31.6. The lowest BCUT2D eigenvalue weighted by Crippen LogP contribution is -2.45. The molecule has 0 aromatic heterocycles. The lowest BCUT2D eigenvalue weighted by Gasteiger charge is -2.50. The summed E-state index contributed by atoms with van der Waals surface area (Å²) in [5.41, 5.74) is 20.8. The molecule has 0 spiro atoms. The third-order valence-electron chi connectivity index (χ3n) is 13.3. The van der Waals surface area contributed by atoms with Gasteiger partial charge in [-0.15, -0.1) is 5.73 Å². The highest BCUT2D eigenvalue weighted by Gasteiger charge is 2.58. The molecule has 0 aliphatic heterocycles. The van der Waals surface area contributed by atoms with Gasteiger partial charge in [0.15, 0.2) is 5.84 Å². The van der Waals surface area contributed by atoms with Crippen LogP contribution in [0, 0.1) is 0 Å². The van der Waals surface area contributed by atoms with E-state index >= 15 is 0 Å². The van der Waals surface area contributed by atoms with E-state index in [-0.39, 0.29) is 0 Å². The second-order valence-electron chi connectivity index (χ2n) is 16.6. The van der Waals surface area contributed by atoms with Crippen molar-refractivity contribution in [3.8, 4) is 22.3 Å². The van der Waals surface area contributed by atoms with E-state index in [0.717, 1.165) is 39.1 Å². The molecule has 0 saturated heterocycles. The number of fused-ring (bicyclic) bond motifs is 5. The molecule has 2 aliphatic rings. The van der Waals surface area contributed by atoms with Crippen LogP contribution in [0.4, 0.5) is 0 Å². The summed E-state index contributed by atoms with van der Waals surface area (Å²) in [5.74, 6) is 0.582. The number of hydrogen-bond acceptors (Lipinski definition) is 1. The summed E-state index contributed by atoms with van der Waals surface area (Å²) < 4.78 is 0. The van der Waals surface area contributed by atoms with E-state index in [1.807, 2.05) is 12.1 Å². The largest absolute Gasteiger partial charge is 0.233 e. The van der Waals surface area contributed by atoms with Gasteiger partial charge in [0.25, 0.3) is 0 Å². The molecule has 9 aromatic rings. The lowest BCUT2D eigenvalue weighted by molar-refractivity contribution is 0.626. The molecule has 2 aliphatic carbocycles. The third-order valence-corrected chi connectivity index (χ3v) is 13.3. The van der Waals surface area contributed by atoms with Crippen molar-refractivity contribution in [1.29, 1.82) is 0 Å². The average molecular weight is 817 g/mol. The Bertz CT molecular complexity index is 3300. The van der Waals surface area contributed by atoms with Crippen LogP contribution >= 0.6 is 0 Å². The van der Waals surface area contributed by atoms with Gasteiger partial charge in [0.2, 0.25) is 0 Å². The van der Waals surface area contributed by atoms with Crippen LogP contribution in [0.3, 0.4) is 0 Å². The van der Waals surface area contributed by atoms with Gasteiger partial charge < -0.3 is 0 Å². The Hall–Kier alpha value is -8.16. The molecular formula is C62H44N2. The van der Waals surface area contributed by atoms with Crippen molar-refractivity contribution in [2.24, 2.45) is 9.98 Å². The van der Waals surface area contributed by atoms with Crippen LogP contribution in [0.1, 0.15) is 68.1 Å². The summed E-state index contributed by atoms with van der Waals surface area (Å²) in [7, 11) is 0. The second kappa shape index (κ2) is 15.9. The minimum atomic E-state index is -0.799. The number of rotatable bonds is 8. The monoisotopic (exact) mass is 816 g/mol. The van der Waals surface area contributed by atoms with Crippen LogP contribution in [-0.2, 0) is 10.8 Å². The number of benzene rings is 9. The summed E-state index contributed by atoms with van der Waals surface area (Å²) in [4.78, 5) is 11.0. The third kappa shape index (κ3) is 5.96. The lowest BCUT2D eigenvalue weighted by atomic mass is 9.51. The molecule has 11 rings (SSSR count). The maximum absolute atomic E-state index is 5.51. The van der Waals surface area contributed by atoms with Gasteiger partial charge in [-0.05, 0) is 79.2 Å². The quantitative estimate of drug-likeness (QED) is 0.0829. The summed E-state index contributed by atoms with van der Waals surface area (Å²) >= 11 is 0. The molecule has 0 N–H and O–H groups in total. The van der Waals surface area contributed by atoms with Crippen LogP contribution in [0.5, 0.6) is 0 Å². The maximum Gasteiger partial charge on any atom is 0.161 e. The van der Waals surface area contributed by atoms with Gasteiger partial charge in [-0.3, -0.25) is 0 Å². The van der Waals surface area contributed by atoms with Crippen molar-refractivity contribution < 1.29 is 0 Å². The fourth-order valence-electron chi connectivity index (χ4n) is 10.6. The molecule has 9 aromatic carbocycles. The van der Waals surface area contributed by atoms with E-state index in [0.29, 0.717) is 11.5 Å². The molecule has 2 unspecified atom stereocenters. The molecule has 2 atom stereocenters. The summed E-state index contributed by atoms with van der Waals surface area (Å²) in [6.45, 7) is 6.27. The highest BCUT2D eigenvalue weighted by Crippen LogP contribution is 2.66. The Morgan fingerprint density at radius 2 is 0.875 bits per heavy atom. The molecule has 0 radical (unpaired) electrons. The van der Waals surface area contributed by atoms with Crippen molar-refractivity contribution in [3.63, 3.8) is 0 Å². The first kappa shape index (κ1) is 38.7. The molecular weight excluding hydrogens is 773 g/mol. The van der Waals surface area contributed by atoms with Crippen LogP contribution in [0.2, 0.25) is 0 Å². The summed E-state index contributed by atoms with van der Waals surface area (Å²) in [6.07, 6.45) is 0. The van der Waals surface area contributed by atoms with E-state index in [9.17, 15) is 0 Å². The fraction of sp³-hybridized carbons (Fsp3) is 0.0484. The van der Waals surface area contributed by atoms with Crippen LogP contribution < -0.4 is 0 Å². The Labute approximate surface area is 375 Å². The Balaban J connectivity index is 1.22. The summed E-state index contributed by atoms with van der Waals surface area (Å²) in [6, 6.07) is 85.3. The van der Waals surface area contributed by atoms with E-state index in [2.05, 4.69) is 244 Å². The first-order valence-corrected chi connectivity index (χ1v) is 21.9. The van der Waals surface area contributed by atoms with Crippen LogP contribution in [-0.4, -0.2) is 11.5 Å². The molecule has 64 heavy (non-hydrogen) atoms. The number of nitrogens with zero attached hydrogens (tertiary/aromatic N) is 2. The zero-order valence-electron chi connectivity index (χ0n) is 35.6. The minimum Gasteiger partial charge on any atom is -0.233 e. The first-order valence-electron chi connectivity index (χ1n) is 21.9. The molecule has 2 nitrogen and oxygen atoms in total. The standard InChI is InChI=1S/C62H44N2/c1-3-58(47-41-39-46(40-42-47)45-25-10-5-11-26-45)64-60(63-43(2)44-23-8-4-9-24-44)52-32-17-19-35-54(52)61(48-27-12-6-13-28-48)55-36-20-21-37-56(55)62(49-29-14-7-15-30-49)53-34-18-16-31-50(53)51-33-22-38-57(61)59(51)62/h4-42H,1H2,2H3/b63-43+,64-60-. The molecule has 2 heteroatoms. The second-order valence-corrected chi connectivity index (χ2v) is 16.6. The number of hydrogen-bond donors (Lipinski definition) is 0. The van der Waals surface area contributed by atoms with Crippen LogP contribution in [0.15, 0.2) is 259 Å². The average Bonchev–Trinajstić information content (AvgIpc) is 3.69. The molecule has 0 saturated carbocycles. The van der Waals surface area contributed by atoms with Crippen molar-refractivity contribution in [2.75, 3.05) is 0 Å². The van der Waals surface area contributed by atoms with E-state index in [4.69, 9.17) is 9.98 Å². The predicted octanol–water partition coefficient (Wildman–Crippen LogP) is 14.5. The molecule has 0 fully saturated rings. The van der Waals surface area contributed by atoms with Gasteiger partial charge in [-0.25, -0.2) is 9.98 Å². The molecule has 0 heterocycles. The SMILES string of the molecule is C=C=C(/N=C(\N=C(/C)c1ccccc1)c1ccccc1C1(c2ccccc2)c2ccccc2C2(c3ccccc3)c3ccccc3-c3cccc1c32)c1ccc(-c2ccccc2)cc1. The van der Waals surface area contributed by atoms with Gasteiger partial charge in [0.1, 0.15) is 5.70 Å². The van der Waals surface area contributed by atoms with E-state index < -0.39 is 10.8 Å². The molecule has 0 amide bonds. The topological polar surface area (TPSA) is 24.7 Å².